The number of nitrogens with one attached hydrogen (secondary N) is 2. The molecule has 44 heavy (non-hydrogen) atoms. The third-order valence-corrected chi connectivity index (χ3v) is 8.78. The van der Waals surface area contributed by atoms with Gasteiger partial charge in [0.1, 0.15) is 5.82 Å². The van der Waals surface area contributed by atoms with Gasteiger partial charge in [0.2, 0.25) is 11.5 Å². The van der Waals surface area contributed by atoms with Gasteiger partial charge in [-0.25, -0.2) is 4.39 Å². The monoisotopic (exact) mass is 617 g/mol. The number of imidazole rings is 1. The maximum atomic E-state index is 13.4. The summed E-state index contributed by atoms with van der Waals surface area (Å²) in [6.45, 7) is 5.28. The minimum Gasteiger partial charge on any atom is -0.383 e. The van der Waals surface area contributed by atoms with E-state index in [0.29, 0.717) is 50.9 Å². The molecule has 12 heteroatoms. The van der Waals surface area contributed by atoms with Crippen LogP contribution in [0, 0.1) is 17.7 Å². The molecule has 2 aromatic carbocycles. The average Bonchev–Trinajstić information content (AvgIpc) is 3.33. The molecule has 1 aliphatic carbocycles. The van der Waals surface area contributed by atoms with Gasteiger partial charge in [0.25, 0.3) is 5.91 Å². The number of fused-ring (bicyclic) bond motifs is 1. The number of carbonyl (C=O) groups excluding carboxylic acids is 2. The van der Waals surface area contributed by atoms with Crippen molar-refractivity contribution in [3.63, 3.8) is 0 Å². The fraction of sp³-hybridized carbons (Fsp3) is 0.531. The first-order chi connectivity index (χ1) is 20.9. The number of hydrogen-bond acceptors (Lipinski definition) is 4. The van der Waals surface area contributed by atoms with E-state index in [-0.39, 0.29) is 42.3 Å². The first-order valence-corrected chi connectivity index (χ1v) is 15.2. The number of amides is 2. The molecule has 0 radical (unpaired) electrons. The predicted octanol–water partition coefficient (Wildman–Crippen LogP) is 5.24. The van der Waals surface area contributed by atoms with Gasteiger partial charge in [-0.05, 0) is 113 Å². The number of aliphatic hydroxyl groups excluding tert-OH is 1. The number of rotatable bonds is 7. The standard InChI is InChI=1S/C32H39F4N5O3/c1-19(2)37-29(43)23-6-10-25(11-7-23)41-27-17-20(18-40-15-13-21(14-16-40)28(42)32(34,35)36)3-12-26(27)38-31(41)39-30(44)22-4-8-24(33)9-5-22/h3-5,8-9,12,17,19,21,23,25,28,42H,6-7,10-11,13-16,18H2,1-2H3,(H,37,43)(H,38,39,44). The van der Waals surface area contributed by atoms with Crippen LogP contribution in [0.3, 0.4) is 0 Å². The molecular formula is C32H39F4N5O3. The van der Waals surface area contributed by atoms with Crippen molar-refractivity contribution in [2.45, 2.75) is 83.3 Å². The van der Waals surface area contributed by atoms with Crippen LogP contribution in [0.1, 0.15) is 74.3 Å². The number of aromatic amines is 1. The zero-order valence-corrected chi connectivity index (χ0v) is 24.9. The minimum atomic E-state index is -4.61. The molecule has 238 valence electrons. The number of aliphatic hydroxyl groups is 1. The summed E-state index contributed by atoms with van der Waals surface area (Å²) >= 11 is 0. The van der Waals surface area contributed by atoms with Gasteiger partial charge in [0.15, 0.2) is 6.10 Å². The molecule has 2 amide bonds. The molecule has 8 nitrogen and oxygen atoms in total. The molecule has 1 aromatic heterocycles. The zero-order valence-electron chi connectivity index (χ0n) is 24.9. The number of H-pyrrole nitrogens is 1. The fourth-order valence-electron chi connectivity index (χ4n) is 6.43. The van der Waals surface area contributed by atoms with Crippen molar-refractivity contribution in [3.05, 3.63) is 65.0 Å². The molecule has 0 bridgehead atoms. The Morgan fingerprint density at radius 1 is 1.02 bits per heavy atom. The maximum absolute atomic E-state index is 13.4. The van der Waals surface area contributed by atoms with Crippen molar-refractivity contribution in [2.75, 3.05) is 13.1 Å². The van der Waals surface area contributed by atoms with Gasteiger partial charge in [-0.15, -0.1) is 0 Å². The van der Waals surface area contributed by atoms with E-state index in [1.807, 2.05) is 36.6 Å². The molecular weight excluding hydrogens is 578 g/mol. The smallest absolute Gasteiger partial charge is 0.383 e. The second-order valence-corrected chi connectivity index (χ2v) is 12.4. The molecule has 2 aliphatic rings. The van der Waals surface area contributed by atoms with Crippen LogP contribution in [0.15, 0.2) is 47.5 Å². The Bertz CT molecular complexity index is 1530. The summed E-state index contributed by atoms with van der Waals surface area (Å²) in [5.74, 6) is -1.81. The molecule has 1 saturated carbocycles. The summed E-state index contributed by atoms with van der Waals surface area (Å²) in [5.41, 5.74) is 3.19. The summed E-state index contributed by atoms with van der Waals surface area (Å²) in [6.07, 6.45) is -3.60. The van der Waals surface area contributed by atoms with Crippen molar-refractivity contribution in [2.24, 2.45) is 16.8 Å². The summed E-state index contributed by atoms with van der Waals surface area (Å²) in [4.78, 5) is 35.5. The van der Waals surface area contributed by atoms with Crippen LogP contribution in [0.4, 0.5) is 17.6 Å². The van der Waals surface area contributed by atoms with Crippen LogP contribution >= 0.6 is 0 Å². The second kappa shape index (κ2) is 13.2. The zero-order chi connectivity index (χ0) is 31.6. The molecule has 0 spiro atoms. The van der Waals surface area contributed by atoms with Crippen molar-refractivity contribution in [3.8, 4) is 0 Å². The van der Waals surface area contributed by atoms with Crippen molar-refractivity contribution < 1.29 is 32.3 Å². The Morgan fingerprint density at radius 2 is 1.68 bits per heavy atom. The van der Waals surface area contributed by atoms with E-state index in [1.54, 1.807) is 0 Å². The molecule has 5 rings (SSSR count). The van der Waals surface area contributed by atoms with Crippen molar-refractivity contribution in [1.82, 2.24) is 19.8 Å². The lowest BCUT2D eigenvalue weighted by atomic mass is 9.85. The average molecular weight is 618 g/mol. The highest BCUT2D eigenvalue weighted by molar-refractivity contribution is 5.95. The molecule has 2 heterocycles. The Balaban J connectivity index is 1.41. The van der Waals surface area contributed by atoms with Crippen LogP contribution in [-0.4, -0.2) is 62.8 Å². The number of aromatic nitrogens is 2. The lowest BCUT2D eigenvalue weighted by Gasteiger charge is -2.34. The number of nitrogens with zero attached hydrogens (tertiary/aromatic N) is 3. The van der Waals surface area contributed by atoms with Crippen molar-refractivity contribution >= 4 is 22.8 Å². The first-order valence-electron chi connectivity index (χ1n) is 15.2. The van der Waals surface area contributed by atoms with Crippen molar-refractivity contribution in [1.29, 1.82) is 0 Å². The molecule has 1 saturated heterocycles. The SMILES string of the molecule is CC(C)NC(=O)C1CCC(n2/c(=N\C(=O)c3ccc(F)cc3)[nH]c3ccc(CN4CCC(C(O)C(F)(F)F)CC4)cc32)CC1. The van der Waals surface area contributed by atoms with Gasteiger partial charge in [-0.1, -0.05) is 6.07 Å². The Morgan fingerprint density at radius 3 is 2.30 bits per heavy atom. The summed E-state index contributed by atoms with van der Waals surface area (Å²) in [5, 5.41) is 12.7. The molecule has 3 aromatic rings. The minimum absolute atomic E-state index is 0.0264. The van der Waals surface area contributed by atoms with Gasteiger partial charge in [-0.2, -0.15) is 18.2 Å². The number of alkyl halides is 3. The quantitative estimate of drug-likeness (QED) is 0.316. The van der Waals surface area contributed by atoms with E-state index < -0.39 is 29.9 Å². The van der Waals surface area contributed by atoms with E-state index in [0.717, 1.165) is 16.6 Å². The van der Waals surface area contributed by atoms with Crippen LogP contribution in [0.5, 0.6) is 0 Å². The third-order valence-electron chi connectivity index (χ3n) is 8.78. The Labute approximate surface area is 253 Å². The largest absolute Gasteiger partial charge is 0.414 e. The van der Waals surface area contributed by atoms with Gasteiger partial charge in [-0.3, -0.25) is 14.5 Å². The van der Waals surface area contributed by atoms with E-state index >= 15 is 0 Å². The third kappa shape index (κ3) is 7.40. The van der Waals surface area contributed by atoms with Gasteiger partial charge < -0.3 is 20.0 Å². The first kappa shape index (κ1) is 31.9. The summed E-state index contributed by atoms with van der Waals surface area (Å²) < 4.78 is 54.4. The van der Waals surface area contributed by atoms with Crippen LogP contribution < -0.4 is 10.9 Å². The van der Waals surface area contributed by atoms with Gasteiger partial charge in [0, 0.05) is 30.1 Å². The Kier molecular flexibility index (Phi) is 9.59. The van der Waals surface area contributed by atoms with Crippen LogP contribution in [0.25, 0.3) is 11.0 Å². The molecule has 1 unspecified atom stereocenters. The van der Waals surface area contributed by atoms with E-state index in [4.69, 9.17) is 0 Å². The highest BCUT2D eigenvalue weighted by Gasteiger charge is 2.44. The number of benzene rings is 2. The number of likely N-dealkylation sites (tertiary alicyclic amines) is 1. The number of carbonyl (C=O) groups is 2. The normalized spacial score (nSPS) is 21.6. The fourth-order valence-corrected chi connectivity index (χ4v) is 6.43. The summed E-state index contributed by atoms with van der Waals surface area (Å²) in [7, 11) is 0. The van der Waals surface area contributed by atoms with Crippen LogP contribution in [-0.2, 0) is 11.3 Å². The molecule has 3 N–H and O–H groups in total. The topological polar surface area (TPSA) is 103 Å². The lowest BCUT2D eigenvalue weighted by molar-refractivity contribution is -0.223. The highest BCUT2D eigenvalue weighted by Crippen LogP contribution is 2.34. The number of halogens is 4. The second-order valence-electron chi connectivity index (χ2n) is 12.4. The summed E-state index contributed by atoms with van der Waals surface area (Å²) in [6, 6.07) is 11.1. The van der Waals surface area contributed by atoms with E-state index in [2.05, 4.69) is 20.2 Å². The Hall–Kier alpha value is -3.51. The maximum Gasteiger partial charge on any atom is 0.414 e. The van der Waals surface area contributed by atoms with Gasteiger partial charge >= 0.3 is 6.18 Å². The molecule has 1 atom stereocenters. The highest BCUT2D eigenvalue weighted by atomic mass is 19.4. The van der Waals surface area contributed by atoms with Crippen LogP contribution in [0.2, 0.25) is 0 Å². The van der Waals surface area contributed by atoms with E-state index in [9.17, 15) is 32.3 Å². The number of hydrogen-bond donors (Lipinski definition) is 3. The lowest BCUT2D eigenvalue weighted by Crippen LogP contribution is -2.43. The number of piperidine rings is 1. The molecule has 1 aliphatic heterocycles. The van der Waals surface area contributed by atoms with Gasteiger partial charge in [0.05, 0.1) is 11.0 Å². The van der Waals surface area contributed by atoms with E-state index in [1.165, 1.54) is 24.3 Å². The predicted molar refractivity (Wildman–Crippen MR) is 157 cm³/mol. The molecule has 2 fully saturated rings.